The number of nitrogens with zero attached hydrogens (tertiary/aromatic N) is 3. The number of para-hydroxylation sites is 1. The predicted molar refractivity (Wildman–Crippen MR) is 80.9 cm³/mol. The average Bonchev–Trinajstić information content (AvgIpc) is 2.92. The molecule has 0 atom stereocenters. The zero-order valence-electron chi connectivity index (χ0n) is 11.6. The molecule has 0 radical (unpaired) electrons. The van der Waals surface area contributed by atoms with Crippen LogP contribution in [0.3, 0.4) is 0 Å². The summed E-state index contributed by atoms with van der Waals surface area (Å²) in [4.78, 5) is 4.23. The van der Waals surface area contributed by atoms with Crippen molar-refractivity contribution in [3.8, 4) is 5.69 Å². The Morgan fingerprint density at radius 2 is 2.05 bits per heavy atom. The number of hydrogen-bond acceptors (Lipinski definition) is 3. The molecule has 2 aromatic heterocycles. The minimum atomic E-state index is 0.811. The van der Waals surface area contributed by atoms with Crippen LogP contribution < -0.4 is 5.32 Å². The summed E-state index contributed by atoms with van der Waals surface area (Å²) in [5.41, 5.74) is 3.37. The van der Waals surface area contributed by atoms with Gasteiger partial charge in [-0.25, -0.2) is 4.68 Å². The standard InChI is InChI=1S/C16H18N4/c1-2-8-17-10-14-11-18-9-7-16(14)20-15-6-4-3-5-13(15)12-19-20/h3-7,9,11-12,17H,2,8,10H2,1H3. The van der Waals surface area contributed by atoms with Crippen LogP contribution in [0.25, 0.3) is 16.6 Å². The molecule has 2 heterocycles. The second-order valence-corrected chi connectivity index (χ2v) is 4.80. The minimum absolute atomic E-state index is 0.811. The summed E-state index contributed by atoms with van der Waals surface area (Å²) in [6.07, 6.45) is 6.75. The number of rotatable bonds is 5. The highest BCUT2D eigenvalue weighted by molar-refractivity contribution is 5.80. The van der Waals surface area contributed by atoms with Crippen LogP contribution >= 0.6 is 0 Å². The maximum Gasteiger partial charge on any atom is 0.0741 e. The Morgan fingerprint density at radius 3 is 2.95 bits per heavy atom. The number of pyridine rings is 1. The van der Waals surface area contributed by atoms with Crippen LogP contribution in [0.1, 0.15) is 18.9 Å². The molecule has 1 N–H and O–H groups in total. The molecule has 0 spiro atoms. The molecule has 102 valence electrons. The smallest absolute Gasteiger partial charge is 0.0741 e. The summed E-state index contributed by atoms with van der Waals surface area (Å²) in [6.45, 7) is 3.98. The summed E-state index contributed by atoms with van der Waals surface area (Å²) in [5.74, 6) is 0. The van der Waals surface area contributed by atoms with Crippen molar-refractivity contribution in [2.45, 2.75) is 19.9 Å². The lowest BCUT2D eigenvalue weighted by molar-refractivity contribution is 0.669. The molecular weight excluding hydrogens is 248 g/mol. The summed E-state index contributed by atoms with van der Waals surface area (Å²) in [6, 6.07) is 10.3. The van der Waals surface area contributed by atoms with Gasteiger partial charge in [0.15, 0.2) is 0 Å². The average molecular weight is 266 g/mol. The van der Waals surface area contributed by atoms with Gasteiger partial charge in [-0.1, -0.05) is 25.1 Å². The molecule has 4 heteroatoms. The third kappa shape index (κ3) is 2.42. The van der Waals surface area contributed by atoms with E-state index in [4.69, 9.17) is 0 Å². The molecule has 0 aliphatic carbocycles. The number of nitrogens with one attached hydrogen (secondary N) is 1. The first-order valence-corrected chi connectivity index (χ1v) is 6.97. The van der Waals surface area contributed by atoms with Crippen molar-refractivity contribution in [2.75, 3.05) is 6.54 Å². The molecule has 0 amide bonds. The molecule has 0 aliphatic rings. The van der Waals surface area contributed by atoms with Crippen LogP contribution in [0, 0.1) is 0 Å². The maximum atomic E-state index is 4.52. The summed E-state index contributed by atoms with van der Waals surface area (Å²) in [7, 11) is 0. The quantitative estimate of drug-likeness (QED) is 0.722. The fraction of sp³-hybridized carbons (Fsp3) is 0.250. The van der Waals surface area contributed by atoms with Crippen LogP contribution in [0.2, 0.25) is 0 Å². The van der Waals surface area contributed by atoms with Gasteiger partial charge in [0, 0.05) is 29.9 Å². The minimum Gasteiger partial charge on any atom is -0.313 e. The fourth-order valence-corrected chi connectivity index (χ4v) is 2.33. The Kier molecular flexibility index (Phi) is 3.74. The Morgan fingerprint density at radius 1 is 1.15 bits per heavy atom. The third-order valence-electron chi connectivity index (χ3n) is 3.33. The normalized spacial score (nSPS) is 11.1. The highest BCUT2D eigenvalue weighted by atomic mass is 15.3. The highest BCUT2D eigenvalue weighted by Gasteiger charge is 2.08. The molecule has 0 fully saturated rings. The Hall–Kier alpha value is -2.20. The molecule has 4 nitrogen and oxygen atoms in total. The van der Waals surface area contributed by atoms with E-state index in [2.05, 4.69) is 34.5 Å². The molecule has 3 rings (SSSR count). The number of aromatic nitrogens is 3. The van der Waals surface area contributed by atoms with Crippen molar-refractivity contribution >= 4 is 10.9 Å². The van der Waals surface area contributed by atoms with Gasteiger partial charge in [0.1, 0.15) is 0 Å². The van der Waals surface area contributed by atoms with E-state index in [1.54, 1.807) is 0 Å². The SMILES string of the molecule is CCCNCc1cnccc1-n1ncc2ccccc21. The van der Waals surface area contributed by atoms with E-state index in [1.165, 1.54) is 0 Å². The van der Waals surface area contributed by atoms with E-state index in [0.29, 0.717) is 0 Å². The molecule has 20 heavy (non-hydrogen) atoms. The molecule has 1 aromatic carbocycles. The summed E-state index contributed by atoms with van der Waals surface area (Å²) < 4.78 is 1.99. The van der Waals surface area contributed by atoms with Crippen LogP contribution in [0.4, 0.5) is 0 Å². The monoisotopic (exact) mass is 266 g/mol. The van der Waals surface area contributed by atoms with Crippen molar-refractivity contribution < 1.29 is 0 Å². The van der Waals surface area contributed by atoms with Crippen molar-refractivity contribution in [1.29, 1.82) is 0 Å². The van der Waals surface area contributed by atoms with E-state index in [1.807, 2.05) is 41.5 Å². The van der Waals surface area contributed by atoms with Crippen LogP contribution in [-0.4, -0.2) is 21.3 Å². The Labute approximate surface area is 118 Å². The molecule has 0 saturated heterocycles. The second kappa shape index (κ2) is 5.84. The van der Waals surface area contributed by atoms with E-state index in [9.17, 15) is 0 Å². The van der Waals surface area contributed by atoms with Crippen molar-refractivity contribution in [3.63, 3.8) is 0 Å². The molecular formula is C16H18N4. The first kappa shape index (κ1) is 12.8. The first-order valence-electron chi connectivity index (χ1n) is 6.97. The number of hydrogen-bond donors (Lipinski definition) is 1. The Bertz CT molecular complexity index is 702. The summed E-state index contributed by atoms with van der Waals surface area (Å²) in [5, 5.41) is 9.09. The number of fused-ring (bicyclic) bond motifs is 1. The fourth-order valence-electron chi connectivity index (χ4n) is 2.33. The molecule has 0 saturated carbocycles. The van der Waals surface area contributed by atoms with Gasteiger partial charge in [0.05, 0.1) is 17.4 Å². The van der Waals surface area contributed by atoms with Gasteiger partial charge in [-0.2, -0.15) is 5.10 Å². The zero-order valence-corrected chi connectivity index (χ0v) is 11.6. The van der Waals surface area contributed by atoms with E-state index < -0.39 is 0 Å². The highest BCUT2D eigenvalue weighted by Crippen LogP contribution is 2.20. The van der Waals surface area contributed by atoms with E-state index in [-0.39, 0.29) is 0 Å². The summed E-state index contributed by atoms with van der Waals surface area (Å²) >= 11 is 0. The molecule has 3 aromatic rings. The van der Waals surface area contributed by atoms with Gasteiger partial charge in [0.2, 0.25) is 0 Å². The van der Waals surface area contributed by atoms with E-state index in [0.717, 1.165) is 41.7 Å². The van der Waals surface area contributed by atoms with E-state index >= 15 is 0 Å². The van der Waals surface area contributed by atoms with Crippen molar-refractivity contribution in [1.82, 2.24) is 20.1 Å². The van der Waals surface area contributed by atoms with Crippen molar-refractivity contribution in [3.05, 3.63) is 54.5 Å². The molecule has 0 aliphatic heterocycles. The lowest BCUT2D eigenvalue weighted by Gasteiger charge is -2.10. The molecule has 0 bridgehead atoms. The lowest BCUT2D eigenvalue weighted by Crippen LogP contribution is -2.16. The third-order valence-corrected chi connectivity index (χ3v) is 3.33. The maximum absolute atomic E-state index is 4.52. The van der Waals surface area contributed by atoms with Crippen LogP contribution in [-0.2, 0) is 6.54 Å². The lowest BCUT2D eigenvalue weighted by atomic mass is 10.2. The van der Waals surface area contributed by atoms with Gasteiger partial charge in [-0.3, -0.25) is 4.98 Å². The Balaban J connectivity index is 2.01. The van der Waals surface area contributed by atoms with Gasteiger partial charge in [0.25, 0.3) is 0 Å². The zero-order chi connectivity index (χ0) is 13.8. The van der Waals surface area contributed by atoms with Gasteiger partial charge >= 0.3 is 0 Å². The molecule has 0 unspecified atom stereocenters. The van der Waals surface area contributed by atoms with Crippen molar-refractivity contribution in [2.24, 2.45) is 0 Å². The first-order chi connectivity index (χ1) is 9.90. The number of benzene rings is 1. The largest absolute Gasteiger partial charge is 0.313 e. The van der Waals surface area contributed by atoms with Gasteiger partial charge in [-0.05, 0) is 25.1 Å². The van der Waals surface area contributed by atoms with Crippen LogP contribution in [0.5, 0.6) is 0 Å². The van der Waals surface area contributed by atoms with Crippen LogP contribution in [0.15, 0.2) is 48.9 Å². The topological polar surface area (TPSA) is 42.7 Å². The van der Waals surface area contributed by atoms with Gasteiger partial charge in [-0.15, -0.1) is 0 Å². The predicted octanol–water partition coefficient (Wildman–Crippen LogP) is 2.92. The second-order valence-electron chi connectivity index (χ2n) is 4.80. The van der Waals surface area contributed by atoms with Gasteiger partial charge < -0.3 is 5.32 Å².